The minimum atomic E-state index is -3.41. The molecule has 4 nitrogen and oxygen atoms in total. The van der Waals surface area contributed by atoms with Crippen LogP contribution >= 0.6 is 15.9 Å². The molecule has 0 amide bonds. The number of nitriles is 2. The van der Waals surface area contributed by atoms with Crippen molar-refractivity contribution in [2.75, 3.05) is 6.26 Å². The second kappa shape index (κ2) is 5.13. The van der Waals surface area contributed by atoms with Gasteiger partial charge in [-0.05, 0) is 23.8 Å². The molecule has 0 atom stereocenters. The lowest BCUT2D eigenvalue weighted by Crippen LogP contribution is -2.00. The number of rotatable bonds is 2. The molecule has 0 aliphatic heterocycles. The summed E-state index contributed by atoms with van der Waals surface area (Å²) in [6.45, 7) is 0. The minimum absolute atomic E-state index is 0.0786. The molecule has 0 aliphatic rings. The third-order valence-electron chi connectivity index (χ3n) is 1.92. The van der Waals surface area contributed by atoms with Gasteiger partial charge in [-0.15, -0.1) is 0 Å². The summed E-state index contributed by atoms with van der Waals surface area (Å²) in [6.07, 6.45) is 2.33. The average Bonchev–Trinajstić information content (AvgIpc) is 2.26. The molecule has 0 heterocycles. The van der Waals surface area contributed by atoms with E-state index in [-0.39, 0.29) is 10.5 Å². The van der Waals surface area contributed by atoms with E-state index in [1.165, 1.54) is 18.2 Å². The Hall–Kier alpha value is -1.63. The largest absolute Gasteiger partial charge is 0.224 e. The third-order valence-corrected chi connectivity index (χ3v) is 3.56. The van der Waals surface area contributed by atoms with E-state index in [0.717, 1.165) is 6.26 Å². The maximum absolute atomic E-state index is 11.5. The Morgan fingerprint density at radius 3 is 2.41 bits per heavy atom. The van der Waals surface area contributed by atoms with Crippen LogP contribution in [0.1, 0.15) is 5.56 Å². The van der Waals surface area contributed by atoms with Crippen LogP contribution < -0.4 is 0 Å². The SMILES string of the molecule is CS(=O)(=O)c1cc(Br)ccc1C=C(C#N)C#N. The second-order valence-corrected chi connectivity index (χ2v) is 6.14. The fourth-order valence-electron chi connectivity index (χ4n) is 1.19. The van der Waals surface area contributed by atoms with Gasteiger partial charge in [-0.2, -0.15) is 10.5 Å². The van der Waals surface area contributed by atoms with Crippen molar-refractivity contribution >= 4 is 31.8 Å². The Kier molecular flexibility index (Phi) is 4.06. The van der Waals surface area contributed by atoms with Crippen LogP contribution in [0.3, 0.4) is 0 Å². The summed E-state index contributed by atoms with van der Waals surface area (Å²) < 4.78 is 23.7. The summed E-state index contributed by atoms with van der Waals surface area (Å²) in [7, 11) is -3.41. The standard InChI is InChI=1S/C11H7BrN2O2S/c1-17(15,16)11-5-10(12)3-2-9(11)4-8(6-13)7-14/h2-5H,1H3. The molecule has 86 valence electrons. The van der Waals surface area contributed by atoms with Crippen molar-refractivity contribution in [1.29, 1.82) is 10.5 Å². The zero-order valence-electron chi connectivity index (χ0n) is 8.81. The Balaban J connectivity index is 3.53. The number of hydrogen-bond donors (Lipinski definition) is 0. The van der Waals surface area contributed by atoms with Crippen LogP contribution in [0, 0.1) is 22.7 Å². The molecule has 0 N–H and O–H groups in total. The van der Waals surface area contributed by atoms with Gasteiger partial charge in [0.2, 0.25) is 0 Å². The summed E-state index contributed by atoms with van der Waals surface area (Å²) in [5.74, 6) is 0. The Bertz CT molecular complexity index is 648. The quantitative estimate of drug-likeness (QED) is 0.785. The maximum atomic E-state index is 11.5. The van der Waals surface area contributed by atoms with Crippen molar-refractivity contribution in [3.8, 4) is 12.1 Å². The van der Waals surface area contributed by atoms with Crippen LogP contribution in [0.2, 0.25) is 0 Å². The molecule has 6 heteroatoms. The molecule has 0 saturated carbocycles. The monoisotopic (exact) mass is 310 g/mol. The van der Waals surface area contributed by atoms with Gasteiger partial charge < -0.3 is 0 Å². The summed E-state index contributed by atoms with van der Waals surface area (Å²) in [6, 6.07) is 7.99. The molecule has 0 aromatic heterocycles. The molecule has 0 fully saturated rings. The summed E-state index contributed by atoms with van der Waals surface area (Å²) >= 11 is 3.17. The van der Waals surface area contributed by atoms with Gasteiger partial charge in [-0.3, -0.25) is 0 Å². The van der Waals surface area contributed by atoms with Crippen molar-refractivity contribution < 1.29 is 8.42 Å². The van der Waals surface area contributed by atoms with Crippen molar-refractivity contribution in [1.82, 2.24) is 0 Å². The molecule has 0 radical (unpaired) electrons. The fraction of sp³-hybridized carbons (Fsp3) is 0.0909. The van der Waals surface area contributed by atoms with Gasteiger partial charge in [0.25, 0.3) is 0 Å². The predicted molar refractivity (Wildman–Crippen MR) is 66.5 cm³/mol. The number of allylic oxidation sites excluding steroid dienone is 1. The molecule has 1 aromatic rings. The highest BCUT2D eigenvalue weighted by molar-refractivity contribution is 9.10. The molecular formula is C11H7BrN2O2S. The molecule has 0 aliphatic carbocycles. The van der Waals surface area contributed by atoms with E-state index in [2.05, 4.69) is 15.9 Å². The van der Waals surface area contributed by atoms with Gasteiger partial charge in [0.1, 0.15) is 17.7 Å². The summed E-state index contributed by atoms with van der Waals surface area (Å²) in [4.78, 5) is 0.0786. The van der Waals surface area contributed by atoms with E-state index in [9.17, 15) is 8.42 Å². The first-order chi connectivity index (χ1) is 7.88. The zero-order valence-corrected chi connectivity index (χ0v) is 11.2. The molecule has 0 bridgehead atoms. The average molecular weight is 311 g/mol. The van der Waals surface area contributed by atoms with Crippen LogP contribution in [-0.4, -0.2) is 14.7 Å². The first-order valence-corrected chi connectivity index (χ1v) is 7.08. The maximum Gasteiger partial charge on any atom is 0.176 e. The number of hydrogen-bond acceptors (Lipinski definition) is 4. The van der Waals surface area contributed by atoms with Crippen molar-refractivity contribution in [2.45, 2.75) is 4.90 Å². The fourth-order valence-corrected chi connectivity index (χ4v) is 2.60. The van der Waals surface area contributed by atoms with Gasteiger partial charge in [-0.1, -0.05) is 22.0 Å². The molecule has 0 unspecified atom stereocenters. The lowest BCUT2D eigenvalue weighted by molar-refractivity contribution is 0.601. The van der Waals surface area contributed by atoms with E-state index < -0.39 is 9.84 Å². The van der Waals surface area contributed by atoms with Gasteiger partial charge in [0.15, 0.2) is 9.84 Å². The van der Waals surface area contributed by atoms with Crippen molar-refractivity contribution in [3.63, 3.8) is 0 Å². The lowest BCUT2D eigenvalue weighted by Gasteiger charge is -2.04. The van der Waals surface area contributed by atoms with Gasteiger partial charge in [0, 0.05) is 10.7 Å². The molecule has 0 saturated heterocycles. The van der Waals surface area contributed by atoms with Crippen LogP contribution in [0.4, 0.5) is 0 Å². The van der Waals surface area contributed by atoms with E-state index in [4.69, 9.17) is 10.5 Å². The highest BCUT2D eigenvalue weighted by atomic mass is 79.9. The highest BCUT2D eigenvalue weighted by Crippen LogP contribution is 2.23. The van der Waals surface area contributed by atoms with Crippen LogP contribution in [0.25, 0.3) is 6.08 Å². The number of sulfone groups is 1. The van der Waals surface area contributed by atoms with E-state index in [1.54, 1.807) is 18.2 Å². The first-order valence-electron chi connectivity index (χ1n) is 4.40. The minimum Gasteiger partial charge on any atom is -0.224 e. The lowest BCUT2D eigenvalue weighted by atomic mass is 10.1. The number of halogens is 1. The van der Waals surface area contributed by atoms with Gasteiger partial charge in [-0.25, -0.2) is 8.42 Å². The first kappa shape index (κ1) is 13.4. The number of nitrogens with zero attached hydrogens (tertiary/aromatic N) is 2. The van der Waals surface area contributed by atoms with E-state index >= 15 is 0 Å². The third kappa shape index (κ3) is 3.42. The Labute approximate surface area is 108 Å². The highest BCUT2D eigenvalue weighted by Gasteiger charge is 2.13. The van der Waals surface area contributed by atoms with Crippen molar-refractivity contribution in [3.05, 3.63) is 33.8 Å². The molecular weight excluding hydrogens is 304 g/mol. The van der Waals surface area contributed by atoms with Gasteiger partial charge in [0.05, 0.1) is 4.90 Å². The van der Waals surface area contributed by atoms with E-state index in [0.29, 0.717) is 10.0 Å². The van der Waals surface area contributed by atoms with Gasteiger partial charge >= 0.3 is 0 Å². The predicted octanol–water partition coefficient (Wildman–Crippen LogP) is 2.28. The number of benzene rings is 1. The molecule has 17 heavy (non-hydrogen) atoms. The second-order valence-electron chi connectivity index (χ2n) is 3.24. The smallest absolute Gasteiger partial charge is 0.176 e. The summed E-state index contributed by atoms with van der Waals surface area (Å²) in [5.41, 5.74) is 0.186. The van der Waals surface area contributed by atoms with Crippen LogP contribution in [-0.2, 0) is 9.84 Å². The Morgan fingerprint density at radius 2 is 1.94 bits per heavy atom. The zero-order chi connectivity index (χ0) is 13.1. The summed E-state index contributed by atoms with van der Waals surface area (Å²) in [5, 5.41) is 17.3. The van der Waals surface area contributed by atoms with Crippen LogP contribution in [0.15, 0.2) is 33.1 Å². The van der Waals surface area contributed by atoms with Crippen LogP contribution in [0.5, 0.6) is 0 Å². The molecule has 1 aromatic carbocycles. The molecule has 1 rings (SSSR count). The van der Waals surface area contributed by atoms with Crippen molar-refractivity contribution in [2.24, 2.45) is 0 Å². The Morgan fingerprint density at radius 1 is 1.35 bits per heavy atom. The van der Waals surface area contributed by atoms with E-state index in [1.807, 2.05) is 0 Å². The molecule has 0 spiro atoms. The topological polar surface area (TPSA) is 81.7 Å². The normalized spacial score (nSPS) is 10.1.